The van der Waals surface area contributed by atoms with Crippen molar-refractivity contribution in [2.24, 2.45) is 0 Å². The van der Waals surface area contributed by atoms with E-state index in [-0.39, 0.29) is 5.91 Å². The Balaban J connectivity index is 2.17. The summed E-state index contributed by atoms with van der Waals surface area (Å²) in [6, 6.07) is 0.615. The van der Waals surface area contributed by atoms with Crippen LogP contribution in [0.5, 0.6) is 0 Å². The first-order valence-corrected chi connectivity index (χ1v) is 6.37. The van der Waals surface area contributed by atoms with Crippen molar-refractivity contribution in [2.45, 2.75) is 32.7 Å². The van der Waals surface area contributed by atoms with E-state index < -0.39 is 0 Å². The summed E-state index contributed by atoms with van der Waals surface area (Å²) in [6.07, 6.45) is 2.54. The van der Waals surface area contributed by atoms with Crippen molar-refractivity contribution in [3.63, 3.8) is 0 Å². The summed E-state index contributed by atoms with van der Waals surface area (Å²) in [7, 11) is 2.16. The van der Waals surface area contributed by atoms with Gasteiger partial charge in [-0.25, -0.2) is 0 Å². The van der Waals surface area contributed by atoms with Crippen molar-refractivity contribution in [1.82, 2.24) is 15.1 Å². The molecular formula is C12H25N3O. The van der Waals surface area contributed by atoms with Gasteiger partial charge in [0.05, 0.1) is 6.54 Å². The second-order valence-corrected chi connectivity index (χ2v) is 4.47. The van der Waals surface area contributed by atoms with Crippen LogP contribution in [0.25, 0.3) is 0 Å². The van der Waals surface area contributed by atoms with Crippen LogP contribution in [-0.2, 0) is 4.79 Å². The van der Waals surface area contributed by atoms with Crippen LogP contribution < -0.4 is 5.32 Å². The second-order valence-electron chi connectivity index (χ2n) is 4.47. The normalized spacial score (nSPS) is 21.3. The molecule has 94 valence electrons. The molecule has 1 rings (SSSR count). The molecule has 0 aromatic heterocycles. The van der Waals surface area contributed by atoms with E-state index in [1.165, 1.54) is 19.4 Å². The molecule has 1 atom stereocenters. The Labute approximate surface area is 99.0 Å². The molecule has 0 radical (unpaired) electrons. The Morgan fingerprint density at radius 2 is 2.12 bits per heavy atom. The third-order valence-corrected chi connectivity index (χ3v) is 3.44. The molecule has 1 aliphatic heterocycles. The molecule has 0 aromatic carbocycles. The predicted octanol–water partition coefficient (Wildman–Crippen LogP) is 0.539. The first-order valence-electron chi connectivity index (χ1n) is 6.37. The summed E-state index contributed by atoms with van der Waals surface area (Å²) >= 11 is 0. The number of rotatable bonds is 6. The lowest BCUT2D eigenvalue weighted by molar-refractivity contribution is -0.129. The third kappa shape index (κ3) is 3.76. The van der Waals surface area contributed by atoms with Crippen LogP contribution in [0.4, 0.5) is 0 Å². The van der Waals surface area contributed by atoms with Crippen molar-refractivity contribution >= 4 is 5.91 Å². The molecule has 1 saturated heterocycles. The van der Waals surface area contributed by atoms with Crippen LogP contribution in [0.3, 0.4) is 0 Å². The van der Waals surface area contributed by atoms with Crippen LogP contribution in [0.2, 0.25) is 0 Å². The Morgan fingerprint density at radius 1 is 1.44 bits per heavy atom. The van der Waals surface area contributed by atoms with Crippen LogP contribution in [-0.4, -0.2) is 61.5 Å². The zero-order valence-electron chi connectivity index (χ0n) is 10.8. The van der Waals surface area contributed by atoms with Gasteiger partial charge in [0.1, 0.15) is 0 Å². The van der Waals surface area contributed by atoms with E-state index in [1.54, 1.807) is 0 Å². The molecule has 0 saturated carbocycles. The predicted molar refractivity (Wildman–Crippen MR) is 66.4 cm³/mol. The van der Waals surface area contributed by atoms with Crippen LogP contribution >= 0.6 is 0 Å². The molecule has 1 N–H and O–H groups in total. The van der Waals surface area contributed by atoms with E-state index in [0.717, 1.165) is 19.6 Å². The van der Waals surface area contributed by atoms with E-state index >= 15 is 0 Å². The molecule has 0 spiro atoms. The highest BCUT2D eigenvalue weighted by Crippen LogP contribution is 2.13. The van der Waals surface area contributed by atoms with Gasteiger partial charge >= 0.3 is 0 Å². The van der Waals surface area contributed by atoms with Crippen LogP contribution in [0, 0.1) is 0 Å². The van der Waals surface area contributed by atoms with E-state index in [4.69, 9.17) is 0 Å². The van der Waals surface area contributed by atoms with Crippen LogP contribution in [0.1, 0.15) is 26.7 Å². The molecule has 16 heavy (non-hydrogen) atoms. The van der Waals surface area contributed by atoms with Gasteiger partial charge in [-0.1, -0.05) is 0 Å². The number of hydrogen-bond acceptors (Lipinski definition) is 3. The molecule has 1 aliphatic rings. The molecule has 1 unspecified atom stereocenters. The maximum atomic E-state index is 11.7. The number of hydrogen-bond donors (Lipinski definition) is 1. The minimum absolute atomic E-state index is 0.214. The topological polar surface area (TPSA) is 35.6 Å². The molecule has 4 nitrogen and oxygen atoms in total. The maximum Gasteiger partial charge on any atom is 0.236 e. The van der Waals surface area contributed by atoms with Gasteiger partial charge in [0.2, 0.25) is 5.91 Å². The number of carbonyl (C=O) groups excluding carboxylic acids is 1. The average molecular weight is 227 g/mol. The first-order chi connectivity index (χ1) is 7.69. The van der Waals surface area contributed by atoms with E-state index in [9.17, 15) is 4.79 Å². The van der Waals surface area contributed by atoms with Gasteiger partial charge in [-0.15, -0.1) is 0 Å². The molecular weight excluding hydrogens is 202 g/mol. The molecule has 0 aromatic rings. The highest BCUT2D eigenvalue weighted by atomic mass is 16.2. The van der Waals surface area contributed by atoms with Gasteiger partial charge < -0.3 is 15.1 Å². The lowest BCUT2D eigenvalue weighted by atomic mass is 10.2. The molecule has 1 heterocycles. The molecule has 1 fully saturated rings. The van der Waals surface area contributed by atoms with E-state index in [0.29, 0.717) is 12.6 Å². The summed E-state index contributed by atoms with van der Waals surface area (Å²) in [4.78, 5) is 15.9. The number of carbonyl (C=O) groups is 1. The maximum absolute atomic E-state index is 11.7. The fourth-order valence-electron chi connectivity index (χ4n) is 2.27. The second kappa shape index (κ2) is 6.86. The third-order valence-electron chi connectivity index (χ3n) is 3.44. The summed E-state index contributed by atoms with van der Waals surface area (Å²) in [5.74, 6) is 0.214. The average Bonchev–Trinajstić information content (AvgIpc) is 2.66. The van der Waals surface area contributed by atoms with Gasteiger partial charge in [-0.3, -0.25) is 4.79 Å². The number of amides is 1. The molecule has 4 heteroatoms. The summed E-state index contributed by atoms with van der Waals surface area (Å²) in [5.41, 5.74) is 0. The van der Waals surface area contributed by atoms with Crippen LogP contribution in [0.15, 0.2) is 0 Å². The minimum atomic E-state index is 0.214. The quantitative estimate of drug-likeness (QED) is 0.719. The Morgan fingerprint density at radius 3 is 2.62 bits per heavy atom. The van der Waals surface area contributed by atoms with Gasteiger partial charge in [0.25, 0.3) is 0 Å². The number of likely N-dealkylation sites (tertiary alicyclic amines) is 1. The summed E-state index contributed by atoms with van der Waals surface area (Å²) in [5, 5.41) is 3.27. The van der Waals surface area contributed by atoms with Crippen molar-refractivity contribution in [1.29, 1.82) is 0 Å². The zero-order chi connectivity index (χ0) is 12.0. The standard InChI is InChI=1S/C12H25N3O/c1-4-15(5-2)12(16)10-13-9-11-7-6-8-14(11)3/h11,13H,4-10H2,1-3H3. The minimum Gasteiger partial charge on any atom is -0.342 e. The molecule has 0 bridgehead atoms. The van der Waals surface area contributed by atoms with Gasteiger partial charge in [-0.05, 0) is 40.3 Å². The van der Waals surface area contributed by atoms with Gasteiger partial charge in [0, 0.05) is 25.7 Å². The number of nitrogens with one attached hydrogen (secondary N) is 1. The first kappa shape index (κ1) is 13.5. The monoisotopic (exact) mass is 227 g/mol. The SMILES string of the molecule is CCN(CC)C(=O)CNCC1CCCN1C. The van der Waals surface area contributed by atoms with E-state index in [2.05, 4.69) is 17.3 Å². The molecule has 0 aliphatic carbocycles. The van der Waals surface area contributed by atoms with Gasteiger partial charge in [-0.2, -0.15) is 0 Å². The lowest BCUT2D eigenvalue weighted by Crippen LogP contribution is -2.42. The summed E-state index contributed by atoms with van der Waals surface area (Å²) < 4.78 is 0. The largest absolute Gasteiger partial charge is 0.342 e. The lowest BCUT2D eigenvalue weighted by Gasteiger charge is -2.22. The molecule has 1 amide bonds. The Kier molecular flexibility index (Phi) is 5.77. The smallest absolute Gasteiger partial charge is 0.236 e. The van der Waals surface area contributed by atoms with E-state index in [1.807, 2.05) is 18.7 Å². The van der Waals surface area contributed by atoms with Crippen molar-refractivity contribution in [2.75, 3.05) is 39.8 Å². The fraction of sp³-hybridized carbons (Fsp3) is 0.917. The highest BCUT2D eigenvalue weighted by molar-refractivity contribution is 5.78. The van der Waals surface area contributed by atoms with Crippen molar-refractivity contribution < 1.29 is 4.79 Å². The fourth-order valence-corrected chi connectivity index (χ4v) is 2.27. The zero-order valence-corrected chi connectivity index (χ0v) is 10.8. The van der Waals surface area contributed by atoms with Gasteiger partial charge in [0.15, 0.2) is 0 Å². The summed E-state index contributed by atoms with van der Waals surface area (Å²) in [6.45, 7) is 8.25. The Bertz CT molecular complexity index is 216. The van der Waals surface area contributed by atoms with Crippen molar-refractivity contribution in [3.05, 3.63) is 0 Å². The van der Waals surface area contributed by atoms with Crippen molar-refractivity contribution in [3.8, 4) is 0 Å². The number of likely N-dealkylation sites (N-methyl/N-ethyl adjacent to an activating group) is 2. The number of nitrogens with zero attached hydrogens (tertiary/aromatic N) is 2. The Hall–Kier alpha value is -0.610. The highest BCUT2D eigenvalue weighted by Gasteiger charge is 2.20.